The van der Waals surface area contributed by atoms with Gasteiger partial charge in [0.2, 0.25) is 0 Å². The molecule has 0 spiro atoms. The third kappa shape index (κ3) is 5.09. The van der Waals surface area contributed by atoms with Crippen molar-refractivity contribution >= 4 is 81.6 Å². The van der Waals surface area contributed by atoms with Crippen molar-refractivity contribution in [1.82, 2.24) is 9.97 Å². The Morgan fingerprint density at radius 2 is 0.965 bits per heavy atom. The maximum absolute atomic E-state index is 5.30. The molecule has 9 aromatic carbocycles. The van der Waals surface area contributed by atoms with E-state index in [2.05, 4.69) is 176 Å². The molecule has 1 aliphatic carbocycles. The maximum atomic E-state index is 5.30. The number of rotatable bonds is 4. The van der Waals surface area contributed by atoms with Crippen LogP contribution >= 0.6 is 11.3 Å². The fraction of sp³-hybridized carbons (Fsp3) is 0.0370. The van der Waals surface area contributed by atoms with Crippen molar-refractivity contribution in [2.24, 2.45) is 0 Å². The molecule has 0 unspecified atom stereocenters. The predicted octanol–water partition coefficient (Wildman–Crippen LogP) is 15.1. The highest BCUT2D eigenvalue weighted by Crippen LogP contribution is 2.43. The molecule has 2 heterocycles. The molecule has 0 amide bonds. The number of hydrogen-bond acceptors (Lipinski definition) is 3. The predicted molar refractivity (Wildman–Crippen MR) is 244 cm³/mol. The molecule has 0 saturated heterocycles. The lowest BCUT2D eigenvalue weighted by Crippen LogP contribution is -1.92. The van der Waals surface area contributed by atoms with Gasteiger partial charge >= 0.3 is 0 Å². The highest BCUT2D eigenvalue weighted by molar-refractivity contribution is 7.20. The number of fused-ring (bicyclic) bond motifs is 11. The maximum Gasteiger partial charge on any atom is 0.0979 e. The largest absolute Gasteiger partial charge is 0.252 e. The molecule has 57 heavy (non-hydrogen) atoms. The zero-order valence-corrected chi connectivity index (χ0v) is 31.9. The molecule has 0 radical (unpaired) electrons. The first-order valence-corrected chi connectivity index (χ1v) is 20.5. The summed E-state index contributed by atoms with van der Waals surface area (Å²) in [5.41, 5.74) is 12.7. The summed E-state index contributed by atoms with van der Waals surface area (Å²) in [7, 11) is 0. The van der Waals surface area contributed by atoms with E-state index in [0.717, 1.165) is 51.5 Å². The van der Waals surface area contributed by atoms with E-state index < -0.39 is 0 Å². The Labute approximate surface area is 334 Å². The Bertz CT molecular complexity index is 3440. The van der Waals surface area contributed by atoms with Crippen LogP contribution in [0.4, 0.5) is 0 Å². The summed E-state index contributed by atoms with van der Waals surface area (Å²) < 4.78 is 1.38. The van der Waals surface area contributed by atoms with E-state index in [1.165, 1.54) is 80.7 Å². The Balaban J connectivity index is 0.969. The van der Waals surface area contributed by atoms with Crippen molar-refractivity contribution < 1.29 is 0 Å². The Morgan fingerprint density at radius 1 is 0.421 bits per heavy atom. The highest BCUT2D eigenvalue weighted by Gasteiger charge is 2.17. The molecule has 266 valence electrons. The lowest BCUT2D eigenvalue weighted by atomic mass is 9.88. The van der Waals surface area contributed by atoms with Crippen LogP contribution in [0.25, 0.3) is 115 Å². The summed E-state index contributed by atoms with van der Waals surface area (Å²) >= 11 is 1.91. The molecule has 0 N–H and O–H groups in total. The monoisotopic (exact) mass is 742 g/mol. The highest BCUT2D eigenvalue weighted by atomic mass is 32.1. The minimum absolute atomic E-state index is 0.868. The molecule has 11 aromatic rings. The van der Waals surface area contributed by atoms with Gasteiger partial charge in [0.05, 0.1) is 22.9 Å². The van der Waals surface area contributed by atoms with E-state index in [9.17, 15) is 0 Å². The normalized spacial score (nSPS) is 12.7. The molecule has 3 heteroatoms. The van der Waals surface area contributed by atoms with Gasteiger partial charge in [0.1, 0.15) is 0 Å². The zero-order chi connectivity index (χ0) is 37.5. The first-order chi connectivity index (χ1) is 28.3. The van der Waals surface area contributed by atoms with Crippen LogP contribution in [-0.4, -0.2) is 9.97 Å². The third-order valence-electron chi connectivity index (χ3n) is 12.0. The van der Waals surface area contributed by atoms with Crippen molar-refractivity contribution in [1.29, 1.82) is 0 Å². The van der Waals surface area contributed by atoms with Crippen LogP contribution < -0.4 is 0 Å². The van der Waals surface area contributed by atoms with Crippen LogP contribution in [-0.2, 0) is 6.42 Å². The molecule has 0 aliphatic heterocycles. The molecule has 2 aromatic heterocycles. The van der Waals surface area contributed by atoms with Crippen molar-refractivity contribution in [3.63, 3.8) is 0 Å². The van der Waals surface area contributed by atoms with Crippen LogP contribution in [0.3, 0.4) is 0 Å². The molecule has 0 fully saturated rings. The van der Waals surface area contributed by atoms with Crippen molar-refractivity contribution in [3.8, 4) is 44.6 Å². The van der Waals surface area contributed by atoms with Gasteiger partial charge in [-0.15, -0.1) is 11.3 Å². The van der Waals surface area contributed by atoms with Crippen molar-refractivity contribution in [3.05, 3.63) is 187 Å². The van der Waals surface area contributed by atoms with Gasteiger partial charge in [-0.2, -0.15) is 0 Å². The van der Waals surface area contributed by atoms with E-state index in [-0.39, 0.29) is 0 Å². The molecular formula is C54H34N2S. The minimum atomic E-state index is 0.868. The molecule has 0 atom stereocenters. The first kappa shape index (κ1) is 32.3. The average molecular weight is 743 g/mol. The van der Waals surface area contributed by atoms with Crippen LogP contribution in [0.15, 0.2) is 176 Å². The number of thiophene rings is 1. The second-order valence-electron chi connectivity index (χ2n) is 15.1. The Morgan fingerprint density at radius 3 is 1.65 bits per heavy atom. The topological polar surface area (TPSA) is 25.8 Å². The van der Waals surface area contributed by atoms with Crippen LogP contribution in [0.2, 0.25) is 0 Å². The molecule has 2 nitrogen and oxygen atoms in total. The summed E-state index contributed by atoms with van der Waals surface area (Å²) in [6, 6.07) is 59.9. The van der Waals surface area contributed by atoms with Crippen molar-refractivity contribution in [2.45, 2.75) is 12.8 Å². The van der Waals surface area contributed by atoms with Crippen LogP contribution in [0.1, 0.15) is 16.9 Å². The second kappa shape index (κ2) is 12.8. The van der Waals surface area contributed by atoms with Gasteiger partial charge in [-0.05, 0) is 114 Å². The minimum Gasteiger partial charge on any atom is -0.252 e. The SMILES string of the molecule is C1=Cc2sc3ccc(-c4cccc5c(-c6cccc7c(-c8cccc(-c9cnc%10c%11ccccc%11c%11ccccc%11c%10n9)c8)cccc67)cccc45)cc3c2CC1. The summed E-state index contributed by atoms with van der Waals surface area (Å²) in [5, 5.41) is 11.1. The quantitative estimate of drug-likeness (QED) is 0.168. The number of aryl methyl sites for hydroxylation is 1. The smallest absolute Gasteiger partial charge is 0.0979 e. The number of hydrogen-bond donors (Lipinski definition) is 0. The van der Waals surface area contributed by atoms with Gasteiger partial charge in [-0.3, -0.25) is 4.98 Å². The van der Waals surface area contributed by atoms with E-state index in [1.807, 2.05) is 17.5 Å². The lowest BCUT2D eigenvalue weighted by Gasteiger charge is -2.15. The summed E-state index contributed by atoms with van der Waals surface area (Å²) in [5.74, 6) is 0. The lowest BCUT2D eigenvalue weighted by molar-refractivity contribution is 1.01. The molecule has 0 bridgehead atoms. The fourth-order valence-electron chi connectivity index (χ4n) is 9.35. The zero-order valence-electron chi connectivity index (χ0n) is 31.0. The first-order valence-electron chi connectivity index (χ1n) is 19.7. The van der Waals surface area contributed by atoms with Gasteiger partial charge in [-0.1, -0.05) is 152 Å². The van der Waals surface area contributed by atoms with Gasteiger partial charge < -0.3 is 0 Å². The third-order valence-corrected chi connectivity index (χ3v) is 13.2. The van der Waals surface area contributed by atoms with Crippen LogP contribution in [0, 0.1) is 0 Å². The van der Waals surface area contributed by atoms with Gasteiger partial charge in [0.25, 0.3) is 0 Å². The molecular weight excluding hydrogens is 709 g/mol. The van der Waals surface area contributed by atoms with E-state index in [4.69, 9.17) is 9.97 Å². The summed E-state index contributed by atoms with van der Waals surface area (Å²) in [6.07, 6.45) is 8.79. The molecule has 12 rings (SSSR count). The van der Waals surface area contributed by atoms with Crippen molar-refractivity contribution in [2.75, 3.05) is 0 Å². The standard InChI is InChI=1S/C54H34N2S/c1-3-17-47-44(14-1)45-15-2-4-18-48(45)54-53(47)55-32-50(56-54)35-13-7-12-33(30-35)36-19-8-23-40-38(36)21-10-25-42(40)43-26-11-22-39-37(20-9-24-41(39)43)34-28-29-52-49(31-34)46-16-5-6-27-51(46)57-52/h1-4,6-15,17-32H,5,16H2. The molecule has 1 aliphatic rings. The average Bonchev–Trinajstić information content (AvgIpc) is 3.66. The van der Waals surface area contributed by atoms with Crippen LogP contribution in [0.5, 0.6) is 0 Å². The fourth-order valence-corrected chi connectivity index (χ4v) is 10.5. The van der Waals surface area contributed by atoms with E-state index >= 15 is 0 Å². The number of benzene rings is 9. The van der Waals surface area contributed by atoms with E-state index in [1.54, 1.807) is 0 Å². The Hall–Kier alpha value is -6.94. The van der Waals surface area contributed by atoms with Gasteiger partial charge in [0.15, 0.2) is 0 Å². The van der Waals surface area contributed by atoms with E-state index in [0.29, 0.717) is 0 Å². The van der Waals surface area contributed by atoms with Gasteiger partial charge in [0, 0.05) is 25.9 Å². The number of aromatic nitrogens is 2. The number of nitrogens with zero attached hydrogens (tertiary/aromatic N) is 2. The second-order valence-corrected chi connectivity index (χ2v) is 16.2. The van der Waals surface area contributed by atoms with Gasteiger partial charge in [-0.25, -0.2) is 4.98 Å². The molecule has 0 saturated carbocycles. The summed E-state index contributed by atoms with van der Waals surface area (Å²) in [6.45, 7) is 0. The Kier molecular flexibility index (Phi) is 7.26. The number of allylic oxidation sites excluding steroid dienone is 1. The summed E-state index contributed by atoms with van der Waals surface area (Å²) in [4.78, 5) is 11.8.